The van der Waals surface area contributed by atoms with Crippen LogP contribution >= 0.6 is 0 Å². The van der Waals surface area contributed by atoms with Crippen LogP contribution in [0.25, 0.3) is 6.08 Å². The summed E-state index contributed by atoms with van der Waals surface area (Å²) >= 11 is 0. The molecule has 1 fully saturated rings. The lowest BCUT2D eigenvalue weighted by molar-refractivity contribution is -0.131. The van der Waals surface area contributed by atoms with Gasteiger partial charge in [0.2, 0.25) is 5.91 Å². The molecule has 1 N–H and O–H groups in total. The second-order valence-electron chi connectivity index (χ2n) is 12.6. The molecular formula is C40H36N2O5. The number of hydrogen-bond acceptors (Lipinski definition) is 6. The molecule has 7 heteroatoms. The summed E-state index contributed by atoms with van der Waals surface area (Å²) in [6.45, 7) is 3.49. The van der Waals surface area contributed by atoms with Crippen LogP contribution in [-0.2, 0) is 21.4 Å². The largest absolute Gasteiger partial charge is 0.427 e. The molecule has 0 saturated carbocycles. The van der Waals surface area contributed by atoms with E-state index in [9.17, 15) is 14.4 Å². The van der Waals surface area contributed by atoms with Crippen molar-refractivity contribution in [2.24, 2.45) is 5.92 Å². The monoisotopic (exact) mass is 624 g/mol. The van der Waals surface area contributed by atoms with Crippen LogP contribution in [0.5, 0.6) is 5.75 Å². The summed E-state index contributed by atoms with van der Waals surface area (Å²) < 4.78 is 5.22. The number of aryl methyl sites for hydroxylation is 1. The van der Waals surface area contributed by atoms with Gasteiger partial charge >= 0.3 is 5.97 Å². The molecule has 1 saturated heterocycles. The molecule has 0 radical (unpaired) electrons. The van der Waals surface area contributed by atoms with Gasteiger partial charge in [-0.25, -0.2) is 0 Å². The second-order valence-corrected chi connectivity index (χ2v) is 12.6. The number of ether oxygens (including phenoxy) is 1. The van der Waals surface area contributed by atoms with E-state index in [4.69, 9.17) is 4.74 Å². The molecule has 4 aromatic carbocycles. The molecule has 47 heavy (non-hydrogen) atoms. The molecule has 4 aromatic rings. The number of rotatable bonds is 9. The lowest BCUT2D eigenvalue weighted by atomic mass is 9.64. The van der Waals surface area contributed by atoms with E-state index in [1.165, 1.54) is 6.92 Å². The SMILES string of the molecule is CCCCCc1ccc(C(=O)[C@@H]2[C@H](C(=O)c3ccc(OC(C)=O)cc3)N3c4ccccc4C=C[C@@H]3[C@]23C(=O)Nc2ccccc23)cc1. The van der Waals surface area contributed by atoms with Gasteiger partial charge in [0.25, 0.3) is 0 Å². The van der Waals surface area contributed by atoms with E-state index in [1.54, 1.807) is 24.3 Å². The maximum atomic E-state index is 15.1. The molecule has 0 aliphatic carbocycles. The van der Waals surface area contributed by atoms with Crippen molar-refractivity contribution in [3.8, 4) is 5.75 Å². The van der Waals surface area contributed by atoms with Gasteiger partial charge in [0.15, 0.2) is 11.6 Å². The van der Waals surface area contributed by atoms with Gasteiger partial charge in [0.1, 0.15) is 17.2 Å². The lowest BCUT2D eigenvalue weighted by Crippen LogP contribution is -2.51. The van der Waals surface area contributed by atoms with E-state index in [0.29, 0.717) is 28.1 Å². The van der Waals surface area contributed by atoms with Gasteiger partial charge in [0, 0.05) is 29.4 Å². The molecule has 0 unspecified atom stereocenters. The highest BCUT2D eigenvalue weighted by Gasteiger charge is 2.70. The summed E-state index contributed by atoms with van der Waals surface area (Å²) in [6.07, 6.45) is 8.21. The number of carbonyl (C=O) groups is 4. The quantitative estimate of drug-likeness (QED) is 0.0917. The van der Waals surface area contributed by atoms with Crippen LogP contribution in [-0.4, -0.2) is 35.5 Å². The van der Waals surface area contributed by atoms with Crippen molar-refractivity contribution in [1.29, 1.82) is 0 Å². The highest BCUT2D eigenvalue weighted by atomic mass is 16.5. The number of anilines is 2. The third kappa shape index (κ3) is 4.97. The number of fused-ring (bicyclic) bond motifs is 6. The maximum absolute atomic E-state index is 15.1. The third-order valence-electron chi connectivity index (χ3n) is 9.80. The van der Waals surface area contributed by atoms with Crippen LogP contribution in [0.4, 0.5) is 11.4 Å². The van der Waals surface area contributed by atoms with Crippen molar-refractivity contribution in [1.82, 2.24) is 0 Å². The van der Waals surface area contributed by atoms with Crippen molar-refractivity contribution < 1.29 is 23.9 Å². The fourth-order valence-corrected chi connectivity index (χ4v) is 7.74. The average Bonchev–Trinajstić information content (AvgIpc) is 3.56. The highest BCUT2D eigenvalue weighted by Crippen LogP contribution is 2.58. The van der Waals surface area contributed by atoms with E-state index in [0.717, 1.165) is 42.5 Å². The second kappa shape index (κ2) is 12.1. The summed E-state index contributed by atoms with van der Waals surface area (Å²) in [5, 5.41) is 3.07. The van der Waals surface area contributed by atoms with Crippen molar-refractivity contribution in [3.05, 3.63) is 131 Å². The van der Waals surface area contributed by atoms with E-state index in [1.807, 2.05) is 89.8 Å². The van der Waals surface area contributed by atoms with Gasteiger partial charge in [0.05, 0.1) is 12.0 Å². The molecule has 1 amide bonds. The number of ketones is 2. The Bertz CT molecular complexity index is 1910. The molecule has 0 aromatic heterocycles. The molecule has 4 atom stereocenters. The zero-order chi connectivity index (χ0) is 32.7. The summed E-state index contributed by atoms with van der Waals surface area (Å²) in [5.74, 6) is -2.05. The zero-order valence-corrected chi connectivity index (χ0v) is 26.4. The Morgan fingerprint density at radius 3 is 2.26 bits per heavy atom. The van der Waals surface area contributed by atoms with Crippen molar-refractivity contribution in [3.63, 3.8) is 0 Å². The molecule has 3 aliphatic rings. The molecule has 0 bridgehead atoms. The van der Waals surface area contributed by atoms with Gasteiger partial charge in [-0.3, -0.25) is 19.2 Å². The number of esters is 1. The van der Waals surface area contributed by atoms with Crippen molar-refractivity contribution in [2.75, 3.05) is 10.2 Å². The van der Waals surface area contributed by atoms with Crippen molar-refractivity contribution >= 4 is 40.9 Å². The minimum atomic E-state index is -1.38. The lowest BCUT2D eigenvalue weighted by Gasteiger charge is -2.37. The van der Waals surface area contributed by atoms with Crippen LogP contribution in [0, 0.1) is 5.92 Å². The standard InChI is InChI=1S/C40H36N2O5/c1-3-4-5-10-26-15-17-28(18-16-26)37(44)35-36(38(45)29-19-22-30(23-20-29)47-25(2)43)42-33-14-9-6-11-27(33)21-24-34(42)40(35)31-12-7-8-13-32(31)41-39(40)46/h6-9,11-24,34-36H,3-5,10H2,1-2H3,(H,41,46)/t34-,35+,36-,40+/m1/s1. The van der Waals surface area contributed by atoms with Crippen molar-refractivity contribution in [2.45, 2.75) is 57.0 Å². The first-order valence-electron chi connectivity index (χ1n) is 16.3. The van der Waals surface area contributed by atoms with E-state index in [2.05, 4.69) is 12.2 Å². The van der Waals surface area contributed by atoms with Gasteiger partial charge in [-0.2, -0.15) is 0 Å². The maximum Gasteiger partial charge on any atom is 0.308 e. The topological polar surface area (TPSA) is 92.8 Å². The number of unbranched alkanes of at least 4 members (excludes halogenated alkanes) is 2. The zero-order valence-electron chi connectivity index (χ0n) is 26.4. The van der Waals surface area contributed by atoms with E-state index in [-0.39, 0.29) is 17.5 Å². The number of nitrogens with zero attached hydrogens (tertiary/aromatic N) is 1. The summed E-state index contributed by atoms with van der Waals surface area (Å²) in [7, 11) is 0. The molecule has 3 heterocycles. The Kier molecular flexibility index (Phi) is 7.84. The molecule has 3 aliphatic heterocycles. The summed E-state index contributed by atoms with van der Waals surface area (Å²) in [4.78, 5) is 58.0. The Balaban J connectivity index is 1.41. The first-order chi connectivity index (χ1) is 22.8. The highest BCUT2D eigenvalue weighted by molar-refractivity contribution is 6.18. The molecule has 7 rings (SSSR count). The minimum absolute atomic E-state index is 0.257. The van der Waals surface area contributed by atoms with Gasteiger partial charge in [-0.1, -0.05) is 92.6 Å². The number of carbonyl (C=O) groups excluding carboxylic acids is 4. The third-order valence-corrected chi connectivity index (χ3v) is 9.80. The Labute approximate surface area is 274 Å². The summed E-state index contributed by atoms with van der Waals surface area (Å²) in [6, 6.07) is 27.6. The first kappa shape index (κ1) is 30.4. The number of hydrogen-bond donors (Lipinski definition) is 1. The molecular weight excluding hydrogens is 588 g/mol. The van der Waals surface area contributed by atoms with Gasteiger partial charge in [-0.15, -0.1) is 0 Å². The number of amides is 1. The predicted molar refractivity (Wildman–Crippen MR) is 182 cm³/mol. The Morgan fingerprint density at radius 1 is 0.830 bits per heavy atom. The van der Waals surface area contributed by atoms with E-state index < -0.39 is 29.4 Å². The van der Waals surface area contributed by atoms with E-state index >= 15 is 4.79 Å². The van der Waals surface area contributed by atoms with Crippen LogP contribution < -0.4 is 15.0 Å². The van der Waals surface area contributed by atoms with Gasteiger partial charge in [-0.05, 0) is 65.9 Å². The Morgan fingerprint density at radius 2 is 1.51 bits per heavy atom. The van der Waals surface area contributed by atoms with Crippen LogP contribution in [0.15, 0.2) is 103 Å². The number of nitrogens with one attached hydrogen (secondary N) is 1. The predicted octanol–water partition coefficient (Wildman–Crippen LogP) is 7.20. The van der Waals surface area contributed by atoms with Crippen LogP contribution in [0.2, 0.25) is 0 Å². The molecule has 236 valence electrons. The minimum Gasteiger partial charge on any atom is -0.427 e. The smallest absolute Gasteiger partial charge is 0.308 e. The fraction of sp³-hybridized carbons (Fsp3) is 0.250. The van der Waals surface area contributed by atoms with Gasteiger partial charge < -0.3 is 15.0 Å². The van der Waals surface area contributed by atoms with Crippen LogP contribution in [0.1, 0.15) is 70.5 Å². The Hall–Kier alpha value is -5.30. The molecule has 7 nitrogen and oxygen atoms in total. The number of Topliss-reactive ketones (excluding diaryl/α,β-unsaturated/α-hetero) is 2. The first-order valence-corrected chi connectivity index (χ1v) is 16.3. The number of benzene rings is 4. The number of para-hydroxylation sites is 2. The summed E-state index contributed by atoms with van der Waals surface area (Å²) in [5.41, 5.74) is 3.62. The normalized spacial score (nSPS) is 22.0. The fourth-order valence-electron chi connectivity index (χ4n) is 7.74. The van der Waals surface area contributed by atoms with Crippen LogP contribution in [0.3, 0.4) is 0 Å². The average molecular weight is 625 g/mol. The molecule has 1 spiro atoms.